The van der Waals surface area contributed by atoms with E-state index in [-0.39, 0.29) is 30.6 Å². The van der Waals surface area contributed by atoms with E-state index >= 15 is 0 Å². The molecule has 1 unspecified atom stereocenters. The van der Waals surface area contributed by atoms with Crippen LogP contribution in [0.15, 0.2) is 35.3 Å². The second-order valence-corrected chi connectivity index (χ2v) is 8.59. The number of pyridine rings is 1. The zero-order valence-corrected chi connectivity index (χ0v) is 17.6. The van der Waals surface area contributed by atoms with Crippen molar-refractivity contribution < 1.29 is 9.18 Å². The molecule has 2 aromatic heterocycles. The van der Waals surface area contributed by atoms with E-state index in [0.717, 1.165) is 18.4 Å². The number of benzene rings is 1. The molecule has 9 heteroatoms. The summed E-state index contributed by atoms with van der Waals surface area (Å²) in [5, 5.41) is 17.6. The molecular formula is C23H23FN6O2. The number of carbonyl (C=O) groups is 1. The first kappa shape index (κ1) is 20.2. The Kier molecular flexibility index (Phi) is 4.93. The Morgan fingerprint density at radius 1 is 1.38 bits per heavy atom. The third kappa shape index (κ3) is 3.51. The quantitative estimate of drug-likeness (QED) is 0.618. The number of aromatic nitrogens is 3. The lowest BCUT2D eigenvalue weighted by Crippen LogP contribution is -2.51. The number of anilines is 2. The summed E-state index contributed by atoms with van der Waals surface area (Å²) in [4.78, 5) is 29.4. The molecule has 1 amide bonds. The summed E-state index contributed by atoms with van der Waals surface area (Å²) in [5.41, 5.74) is 2.39. The molecule has 2 N–H and O–H groups in total. The lowest BCUT2D eigenvalue weighted by atomic mass is 10.0. The molecule has 2 fully saturated rings. The van der Waals surface area contributed by atoms with Crippen molar-refractivity contribution >= 4 is 28.3 Å². The molecule has 8 nitrogen and oxygen atoms in total. The number of fused-ring (bicyclic) bond motifs is 1. The fraction of sp³-hybridized carbons (Fsp3) is 0.391. The van der Waals surface area contributed by atoms with Gasteiger partial charge in [-0.2, -0.15) is 10.4 Å². The van der Waals surface area contributed by atoms with Gasteiger partial charge in [0, 0.05) is 17.4 Å². The maximum Gasteiger partial charge on any atom is 0.261 e. The Labute approximate surface area is 183 Å². The number of H-pyrrole nitrogens is 1. The molecule has 3 heterocycles. The van der Waals surface area contributed by atoms with Crippen LogP contribution in [0.2, 0.25) is 0 Å². The molecule has 5 rings (SSSR count). The minimum atomic E-state index is -0.942. The van der Waals surface area contributed by atoms with Crippen molar-refractivity contribution in [1.29, 1.82) is 5.26 Å². The van der Waals surface area contributed by atoms with Gasteiger partial charge in [-0.15, -0.1) is 0 Å². The van der Waals surface area contributed by atoms with Gasteiger partial charge in [-0.25, -0.2) is 4.39 Å². The third-order valence-corrected chi connectivity index (χ3v) is 6.25. The maximum absolute atomic E-state index is 13.1. The van der Waals surface area contributed by atoms with Crippen LogP contribution in [0.1, 0.15) is 41.2 Å². The van der Waals surface area contributed by atoms with E-state index in [1.807, 2.05) is 13.0 Å². The van der Waals surface area contributed by atoms with E-state index in [1.165, 1.54) is 4.90 Å². The first-order valence-corrected chi connectivity index (χ1v) is 10.7. The molecule has 3 aromatic rings. The number of hydrogen-bond acceptors (Lipinski definition) is 5. The normalized spacial score (nSPS) is 17.1. The van der Waals surface area contributed by atoms with Gasteiger partial charge in [0.15, 0.2) is 5.82 Å². The van der Waals surface area contributed by atoms with Crippen molar-refractivity contribution in [2.75, 3.05) is 18.4 Å². The fourth-order valence-corrected chi connectivity index (χ4v) is 4.35. The van der Waals surface area contributed by atoms with Crippen LogP contribution in [0, 0.1) is 24.2 Å². The summed E-state index contributed by atoms with van der Waals surface area (Å²) < 4.78 is 14.9. The zero-order valence-electron chi connectivity index (χ0n) is 17.6. The van der Waals surface area contributed by atoms with Crippen molar-refractivity contribution in [3.63, 3.8) is 0 Å². The number of rotatable bonds is 6. The molecule has 164 valence electrons. The van der Waals surface area contributed by atoms with Crippen LogP contribution in [0.4, 0.5) is 15.9 Å². The Hall–Kier alpha value is -3.67. The van der Waals surface area contributed by atoms with Gasteiger partial charge < -0.3 is 15.2 Å². The second-order valence-electron chi connectivity index (χ2n) is 8.59. The molecule has 2 aliphatic rings. The third-order valence-electron chi connectivity index (χ3n) is 6.25. The zero-order chi connectivity index (χ0) is 22.4. The summed E-state index contributed by atoms with van der Waals surface area (Å²) in [7, 11) is 0. The number of halogens is 1. The van der Waals surface area contributed by atoms with Crippen molar-refractivity contribution in [3.8, 4) is 6.07 Å². The van der Waals surface area contributed by atoms with E-state index in [2.05, 4.69) is 21.5 Å². The smallest absolute Gasteiger partial charge is 0.261 e. The topological polar surface area (TPSA) is 107 Å². The predicted molar refractivity (Wildman–Crippen MR) is 118 cm³/mol. The average Bonchev–Trinajstić information content (AvgIpc) is 3.52. The molecule has 1 saturated carbocycles. The second kappa shape index (κ2) is 7.79. The number of carbonyl (C=O) groups excluding carboxylic acids is 1. The van der Waals surface area contributed by atoms with Crippen LogP contribution in [0.25, 0.3) is 10.9 Å². The minimum Gasteiger partial charge on any atom is -0.338 e. The first-order chi connectivity index (χ1) is 15.5. The van der Waals surface area contributed by atoms with Crippen LogP contribution >= 0.6 is 0 Å². The van der Waals surface area contributed by atoms with Crippen LogP contribution in [0.3, 0.4) is 0 Å². The summed E-state index contributed by atoms with van der Waals surface area (Å²) >= 11 is 0. The van der Waals surface area contributed by atoms with E-state index in [1.54, 1.807) is 29.1 Å². The van der Waals surface area contributed by atoms with Gasteiger partial charge in [-0.05, 0) is 55.5 Å². The Morgan fingerprint density at radius 3 is 2.81 bits per heavy atom. The maximum atomic E-state index is 13.1. The average molecular weight is 434 g/mol. The fourth-order valence-electron chi connectivity index (χ4n) is 4.35. The van der Waals surface area contributed by atoms with Crippen LogP contribution in [-0.2, 0) is 0 Å². The number of alkyl halides is 1. The molecule has 1 saturated heterocycles. The van der Waals surface area contributed by atoms with Crippen molar-refractivity contribution in [3.05, 3.63) is 51.9 Å². The van der Waals surface area contributed by atoms with Gasteiger partial charge in [-0.3, -0.25) is 14.3 Å². The monoisotopic (exact) mass is 434 g/mol. The van der Waals surface area contributed by atoms with Crippen LogP contribution in [0.5, 0.6) is 0 Å². The van der Waals surface area contributed by atoms with Gasteiger partial charge in [-0.1, -0.05) is 0 Å². The summed E-state index contributed by atoms with van der Waals surface area (Å²) in [6, 6.07) is 9.25. The van der Waals surface area contributed by atoms with E-state index in [4.69, 9.17) is 0 Å². The van der Waals surface area contributed by atoms with Crippen molar-refractivity contribution in [2.24, 2.45) is 5.92 Å². The predicted octanol–water partition coefficient (Wildman–Crippen LogP) is 3.44. The first-order valence-electron chi connectivity index (χ1n) is 10.7. The number of nitrogens with one attached hydrogen (secondary N) is 2. The molecular weight excluding hydrogens is 411 g/mol. The lowest BCUT2D eigenvalue weighted by molar-refractivity contribution is 0.0399. The Bertz CT molecular complexity index is 1300. The van der Waals surface area contributed by atoms with Crippen molar-refractivity contribution in [2.45, 2.75) is 38.4 Å². The SMILES string of the molecule is Cc1cc(Nc2nn(C(CC#N)C3CC3)c3cc[nH]c(=O)c23)ccc1C(=O)N1CC(F)C1. The van der Waals surface area contributed by atoms with Gasteiger partial charge in [0.05, 0.1) is 37.1 Å². The Morgan fingerprint density at radius 2 is 2.16 bits per heavy atom. The van der Waals surface area contributed by atoms with Crippen LogP contribution in [-0.4, -0.2) is 44.8 Å². The summed E-state index contributed by atoms with van der Waals surface area (Å²) in [6.07, 6.45) is 3.08. The molecule has 1 atom stereocenters. The molecule has 0 bridgehead atoms. The van der Waals surface area contributed by atoms with Gasteiger partial charge >= 0.3 is 0 Å². The number of nitrogens with zero attached hydrogens (tertiary/aromatic N) is 4. The van der Waals surface area contributed by atoms with E-state index in [0.29, 0.717) is 40.3 Å². The van der Waals surface area contributed by atoms with Gasteiger partial charge in [0.2, 0.25) is 0 Å². The number of aromatic amines is 1. The number of amides is 1. The van der Waals surface area contributed by atoms with Crippen LogP contribution < -0.4 is 10.9 Å². The highest BCUT2D eigenvalue weighted by atomic mass is 19.1. The lowest BCUT2D eigenvalue weighted by Gasteiger charge is -2.34. The van der Waals surface area contributed by atoms with Crippen molar-refractivity contribution in [1.82, 2.24) is 19.7 Å². The largest absolute Gasteiger partial charge is 0.338 e. The van der Waals surface area contributed by atoms with E-state index in [9.17, 15) is 19.2 Å². The van der Waals surface area contributed by atoms with E-state index < -0.39 is 6.17 Å². The number of hydrogen-bond donors (Lipinski definition) is 2. The molecule has 1 aliphatic heterocycles. The molecule has 1 aromatic carbocycles. The standard InChI is InChI=1S/C23H23FN6O2/c1-13-10-16(4-5-17(13)23(32)29-11-15(24)12-29)27-21-20-19(7-9-26-22(20)31)30(28-21)18(6-8-25)14-2-3-14/h4-5,7,9-10,14-15,18H,2-3,6,11-12H2,1H3,(H,26,31)(H,27,28). The highest BCUT2D eigenvalue weighted by Crippen LogP contribution is 2.43. The Balaban J connectivity index is 1.48. The highest BCUT2D eigenvalue weighted by molar-refractivity contribution is 5.97. The minimum absolute atomic E-state index is 0.0718. The molecule has 1 aliphatic carbocycles. The summed E-state index contributed by atoms with van der Waals surface area (Å²) in [6.45, 7) is 2.09. The summed E-state index contributed by atoms with van der Waals surface area (Å²) in [5.74, 6) is 0.618. The molecule has 32 heavy (non-hydrogen) atoms. The molecule has 0 radical (unpaired) electrons. The van der Waals surface area contributed by atoms with Gasteiger partial charge in [0.1, 0.15) is 11.6 Å². The number of nitriles is 1. The molecule has 0 spiro atoms. The highest BCUT2D eigenvalue weighted by Gasteiger charge is 2.35. The number of likely N-dealkylation sites (tertiary alicyclic amines) is 1. The number of aryl methyl sites for hydroxylation is 1. The van der Waals surface area contributed by atoms with Gasteiger partial charge in [0.25, 0.3) is 11.5 Å².